The summed E-state index contributed by atoms with van der Waals surface area (Å²) in [6, 6.07) is 5.13. The molecular weight excluding hydrogens is 377 g/mol. The number of hydrogen-bond donors (Lipinski definition) is 0. The first-order chi connectivity index (χ1) is 13.3. The topological polar surface area (TPSA) is 59.1 Å². The average Bonchev–Trinajstić information content (AvgIpc) is 3.08. The fourth-order valence-corrected chi connectivity index (χ4v) is 4.03. The molecule has 1 aromatic carbocycles. The number of benzene rings is 1. The summed E-state index contributed by atoms with van der Waals surface area (Å²) in [5.41, 5.74) is 0.594. The molecule has 6 nitrogen and oxygen atoms in total. The Morgan fingerprint density at radius 1 is 1.11 bits per heavy atom. The van der Waals surface area contributed by atoms with Crippen molar-refractivity contribution in [1.82, 2.24) is 4.90 Å². The Labute approximate surface area is 160 Å². The van der Waals surface area contributed by atoms with E-state index in [0.29, 0.717) is 43.4 Å². The number of nitrogens with zero attached hydrogens (tertiary/aromatic N) is 2. The summed E-state index contributed by atoms with van der Waals surface area (Å²) in [5.74, 6) is -1.58. The van der Waals surface area contributed by atoms with Crippen LogP contribution >= 0.6 is 0 Å². The molecule has 3 aliphatic heterocycles. The molecule has 0 spiro atoms. The first-order valence-electron chi connectivity index (χ1n) is 9.38. The third kappa shape index (κ3) is 3.62. The summed E-state index contributed by atoms with van der Waals surface area (Å²) in [6.07, 6.45) is -3.94. The Morgan fingerprint density at radius 3 is 2.61 bits per heavy atom. The molecule has 3 aliphatic rings. The lowest BCUT2D eigenvalue weighted by molar-refractivity contribution is -0.188. The van der Waals surface area contributed by atoms with E-state index in [2.05, 4.69) is 0 Å². The van der Waals surface area contributed by atoms with Crippen LogP contribution in [0.5, 0.6) is 11.5 Å². The second-order valence-corrected chi connectivity index (χ2v) is 7.40. The SMILES string of the molecule is O=C([C@H]1CC(=O)N(c2ccc3c(c2)OCCO3)C1)N1CCC[C@@H](C(F)(F)F)C1. The van der Waals surface area contributed by atoms with Crippen molar-refractivity contribution in [2.75, 3.05) is 37.7 Å². The molecule has 0 N–H and O–H groups in total. The number of amides is 2. The van der Waals surface area contributed by atoms with Gasteiger partial charge >= 0.3 is 6.18 Å². The predicted molar refractivity (Wildman–Crippen MR) is 93.3 cm³/mol. The lowest BCUT2D eigenvalue weighted by Gasteiger charge is -2.35. The lowest BCUT2D eigenvalue weighted by atomic mass is 9.96. The molecule has 4 rings (SSSR count). The van der Waals surface area contributed by atoms with Crippen LogP contribution in [0, 0.1) is 11.8 Å². The van der Waals surface area contributed by atoms with Gasteiger partial charge in [-0.3, -0.25) is 9.59 Å². The molecule has 0 unspecified atom stereocenters. The average molecular weight is 398 g/mol. The van der Waals surface area contributed by atoms with E-state index < -0.39 is 18.0 Å². The predicted octanol–water partition coefficient (Wildman–Crippen LogP) is 2.61. The van der Waals surface area contributed by atoms with Gasteiger partial charge in [-0.2, -0.15) is 13.2 Å². The molecule has 152 valence electrons. The van der Waals surface area contributed by atoms with Crippen molar-refractivity contribution in [2.24, 2.45) is 11.8 Å². The van der Waals surface area contributed by atoms with Gasteiger partial charge in [-0.25, -0.2) is 0 Å². The van der Waals surface area contributed by atoms with Crippen LogP contribution < -0.4 is 14.4 Å². The maximum absolute atomic E-state index is 13.0. The Hall–Kier alpha value is -2.45. The molecule has 0 saturated carbocycles. The fraction of sp³-hybridized carbons (Fsp3) is 0.579. The van der Waals surface area contributed by atoms with E-state index >= 15 is 0 Å². The maximum atomic E-state index is 13.0. The van der Waals surface area contributed by atoms with Gasteiger partial charge in [0.05, 0.1) is 11.8 Å². The molecule has 2 saturated heterocycles. The van der Waals surface area contributed by atoms with Crippen molar-refractivity contribution >= 4 is 17.5 Å². The number of piperidine rings is 1. The van der Waals surface area contributed by atoms with Gasteiger partial charge in [-0.15, -0.1) is 0 Å². The highest BCUT2D eigenvalue weighted by molar-refractivity contribution is 6.00. The summed E-state index contributed by atoms with van der Waals surface area (Å²) < 4.78 is 50.0. The van der Waals surface area contributed by atoms with Crippen molar-refractivity contribution in [3.05, 3.63) is 18.2 Å². The molecule has 0 aliphatic carbocycles. The Balaban J connectivity index is 1.45. The van der Waals surface area contributed by atoms with E-state index in [4.69, 9.17) is 9.47 Å². The molecular formula is C19H21F3N2O4. The molecule has 28 heavy (non-hydrogen) atoms. The normalized spacial score (nSPS) is 25.2. The van der Waals surface area contributed by atoms with Crippen LogP contribution in [0.4, 0.5) is 18.9 Å². The van der Waals surface area contributed by atoms with Gasteiger partial charge in [0.2, 0.25) is 11.8 Å². The van der Waals surface area contributed by atoms with Crippen molar-refractivity contribution in [3.63, 3.8) is 0 Å². The van der Waals surface area contributed by atoms with Gasteiger partial charge in [-0.05, 0) is 25.0 Å². The van der Waals surface area contributed by atoms with Gasteiger partial charge in [0, 0.05) is 37.8 Å². The number of halogens is 3. The molecule has 2 atom stereocenters. The summed E-state index contributed by atoms with van der Waals surface area (Å²) in [7, 11) is 0. The number of rotatable bonds is 2. The van der Waals surface area contributed by atoms with Gasteiger partial charge in [-0.1, -0.05) is 0 Å². The van der Waals surface area contributed by atoms with Crippen LogP contribution in [-0.4, -0.2) is 55.7 Å². The second-order valence-electron chi connectivity index (χ2n) is 7.40. The number of carbonyl (C=O) groups excluding carboxylic acids is 2. The Kier molecular flexibility index (Phi) is 4.84. The van der Waals surface area contributed by atoms with Crippen LogP contribution in [0.2, 0.25) is 0 Å². The number of ether oxygens (including phenoxy) is 2. The van der Waals surface area contributed by atoms with Gasteiger partial charge in [0.1, 0.15) is 13.2 Å². The monoisotopic (exact) mass is 398 g/mol. The van der Waals surface area contributed by atoms with Crippen LogP contribution in [0.15, 0.2) is 18.2 Å². The highest BCUT2D eigenvalue weighted by Gasteiger charge is 2.45. The highest BCUT2D eigenvalue weighted by atomic mass is 19.4. The minimum absolute atomic E-state index is 0.000456. The molecule has 1 aromatic rings. The van der Waals surface area contributed by atoms with E-state index in [-0.39, 0.29) is 37.7 Å². The van der Waals surface area contributed by atoms with E-state index in [1.807, 2.05) is 0 Å². The number of carbonyl (C=O) groups is 2. The minimum atomic E-state index is -4.30. The van der Waals surface area contributed by atoms with E-state index in [0.717, 1.165) is 0 Å². The zero-order valence-corrected chi connectivity index (χ0v) is 15.2. The highest BCUT2D eigenvalue weighted by Crippen LogP contribution is 2.37. The smallest absolute Gasteiger partial charge is 0.393 e. The van der Waals surface area contributed by atoms with Gasteiger partial charge < -0.3 is 19.3 Å². The first-order valence-corrected chi connectivity index (χ1v) is 9.38. The Morgan fingerprint density at radius 2 is 1.86 bits per heavy atom. The van der Waals surface area contributed by atoms with Crippen molar-refractivity contribution in [3.8, 4) is 11.5 Å². The van der Waals surface area contributed by atoms with Crippen LogP contribution in [0.3, 0.4) is 0 Å². The third-order valence-electron chi connectivity index (χ3n) is 5.51. The summed E-state index contributed by atoms with van der Waals surface area (Å²) in [6.45, 7) is 1.02. The second kappa shape index (κ2) is 7.18. The number of likely N-dealkylation sites (tertiary alicyclic amines) is 1. The number of alkyl halides is 3. The molecule has 2 amide bonds. The van der Waals surface area contributed by atoms with E-state index in [1.165, 1.54) is 9.80 Å². The standard InChI is InChI=1S/C19H21F3N2O4/c20-19(21,22)13-2-1-5-23(11-13)18(26)12-8-17(25)24(10-12)14-3-4-15-16(9-14)28-7-6-27-15/h3-4,9,12-13H,1-2,5-8,10-11H2/t12-,13+/m0/s1. The molecule has 2 fully saturated rings. The van der Waals surface area contributed by atoms with Crippen LogP contribution in [0.1, 0.15) is 19.3 Å². The zero-order chi connectivity index (χ0) is 19.9. The number of hydrogen-bond acceptors (Lipinski definition) is 4. The molecule has 0 aromatic heterocycles. The summed E-state index contributed by atoms with van der Waals surface area (Å²) >= 11 is 0. The van der Waals surface area contributed by atoms with Crippen molar-refractivity contribution in [2.45, 2.75) is 25.4 Å². The maximum Gasteiger partial charge on any atom is 0.393 e. The summed E-state index contributed by atoms with van der Waals surface area (Å²) in [4.78, 5) is 28.0. The van der Waals surface area contributed by atoms with Crippen LogP contribution in [0.25, 0.3) is 0 Å². The minimum Gasteiger partial charge on any atom is -0.486 e. The summed E-state index contributed by atoms with van der Waals surface area (Å²) in [5, 5.41) is 0. The zero-order valence-electron chi connectivity index (χ0n) is 15.2. The van der Waals surface area contributed by atoms with Crippen LogP contribution in [-0.2, 0) is 9.59 Å². The lowest BCUT2D eigenvalue weighted by Crippen LogP contribution is -2.47. The number of anilines is 1. The fourth-order valence-electron chi connectivity index (χ4n) is 4.03. The molecule has 0 radical (unpaired) electrons. The Bertz CT molecular complexity index is 783. The van der Waals surface area contributed by atoms with Gasteiger partial charge in [0.15, 0.2) is 11.5 Å². The number of fused-ring (bicyclic) bond motifs is 1. The van der Waals surface area contributed by atoms with Crippen molar-refractivity contribution < 1.29 is 32.2 Å². The quantitative estimate of drug-likeness (QED) is 0.769. The van der Waals surface area contributed by atoms with Gasteiger partial charge in [0.25, 0.3) is 0 Å². The molecule has 0 bridgehead atoms. The largest absolute Gasteiger partial charge is 0.486 e. The molecule has 9 heteroatoms. The molecule has 3 heterocycles. The van der Waals surface area contributed by atoms with E-state index in [1.54, 1.807) is 18.2 Å². The third-order valence-corrected chi connectivity index (χ3v) is 5.51. The van der Waals surface area contributed by atoms with E-state index in [9.17, 15) is 22.8 Å². The van der Waals surface area contributed by atoms with Crippen molar-refractivity contribution in [1.29, 1.82) is 0 Å². The first kappa shape index (κ1) is 18.9.